The Morgan fingerprint density at radius 2 is 1.50 bits per heavy atom. The van der Waals surface area contributed by atoms with Crippen LogP contribution in [-0.4, -0.2) is 19.6 Å². The lowest BCUT2D eigenvalue weighted by Crippen LogP contribution is -2.48. The van der Waals surface area contributed by atoms with Crippen LogP contribution in [-0.2, 0) is 12.8 Å². The molecule has 1 N–H and O–H groups in total. The van der Waals surface area contributed by atoms with Gasteiger partial charge in [0.2, 0.25) is 0 Å². The van der Waals surface area contributed by atoms with Crippen molar-refractivity contribution in [3.8, 4) is 0 Å². The number of rotatable bonds is 3. The monoisotopic (exact) mass is 376 g/mol. The van der Waals surface area contributed by atoms with Gasteiger partial charge in [0.15, 0.2) is 0 Å². The van der Waals surface area contributed by atoms with Crippen LogP contribution in [0.2, 0.25) is 0 Å². The van der Waals surface area contributed by atoms with Gasteiger partial charge in [-0.1, -0.05) is 71.0 Å². The van der Waals surface area contributed by atoms with Gasteiger partial charge in [-0.2, -0.15) is 0 Å². The molecule has 2 nitrogen and oxygen atoms in total. The first-order valence-corrected chi connectivity index (χ1v) is 10.9. The highest BCUT2D eigenvalue weighted by Gasteiger charge is 2.38. The SMILES string of the molecule is CC(C)(C)C1Cc2ccccc2N(CC(C)(C)[C@@H]2CNc3ccccc3C2)C1. The molecule has 0 spiro atoms. The summed E-state index contributed by atoms with van der Waals surface area (Å²) in [5.74, 6) is 1.34. The number of nitrogens with zero attached hydrogens (tertiary/aromatic N) is 1. The van der Waals surface area contributed by atoms with Crippen molar-refractivity contribution < 1.29 is 0 Å². The minimum Gasteiger partial charge on any atom is -0.385 e. The maximum Gasteiger partial charge on any atom is 0.0399 e. The van der Waals surface area contributed by atoms with E-state index in [0.29, 0.717) is 17.3 Å². The number of para-hydroxylation sites is 2. The van der Waals surface area contributed by atoms with E-state index in [-0.39, 0.29) is 5.41 Å². The van der Waals surface area contributed by atoms with E-state index in [1.54, 1.807) is 0 Å². The normalized spacial score (nSPS) is 22.2. The van der Waals surface area contributed by atoms with E-state index in [2.05, 4.69) is 93.4 Å². The highest BCUT2D eigenvalue weighted by Crippen LogP contribution is 2.42. The molecule has 1 unspecified atom stereocenters. The number of anilines is 2. The fourth-order valence-electron chi connectivity index (χ4n) is 5.03. The van der Waals surface area contributed by atoms with Crippen molar-refractivity contribution in [2.75, 3.05) is 29.9 Å². The first-order chi connectivity index (χ1) is 13.2. The molecular formula is C26H36N2. The first kappa shape index (κ1) is 19.4. The smallest absolute Gasteiger partial charge is 0.0399 e. The lowest BCUT2D eigenvalue weighted by Gasteiger charge is -2.47. The summed E-state index contributed by atoms with van der Waals surface area (Å²) < 4.78 is 0. The molecular weight excluding hydrogens is 340 g/mol. The van der Waals surface area contributed by atoms with Gasteiger partial charge in [-0.3, -0.25) is 0 Å². The minimum absolute atomic E-state index is 0.243. The Morgan fingerprint density at radius 3 is 2.25 bits per heavy atom. The van der Waals surface area contributed by atoms with Crippen molar-refractivity contribution in [3.63, 3.8) is 0 Å². The van der Waals surface area contributed by atoms with Gasteiger partial charge in [0.1, 0.15) is 0 Å². The van der Waals surface area contributed by atoms with Crippen LogP contribution in [0.1, 0.15) is 45.7 Å². The summed E-state index contributed by atoms with van der Waals surface area (Å²) in [6.45, 7) is 15.5. The standard InChI is InChI=1S/C26H36N2/c1-25(2,3)22-15-20-11-7-9-13-24(20)28(17-22)18-26(4,5)21-14-19-10-6-8-12-23(19)27-16-21/h6-13,21-22,27H,14-18H2,1-5H3/t21-,22?/m0/s1. The van der Waals surface area contributed by atoms with Crippen LogP contribution in [0.15, 0.2) is 48.5 Å². The van der Waals surface area contributed by atoms with E-state index in [1.807, 2.05) is 0 Å². The third kappa shape index (κ3) is 3.79. The van der Waals surface area contributed by atoms with Gasteiger partial charge in [-0.15, -0.1) is 0 Å². The molecule has 0 saturated carbocycles. The molecule has 2 heteroatoms. The Bertz CT molecular complexity index is 830. The highest BCUT2D eigenvalue weighted by molar-refractivity contribution is 5.57. The summed E-state index contributed by atoms with van der Waals surface area (Å²) in [6.07, 6.45) is 2.38. The molecule has 0 aliphatic carbocycles. The molecule has 0 radical (unpaired) electrons. The van der Waals surface area contributed by atoms with Crippen LogP contribution < -0.4 is 10.2 Å². The first-order valence-electron chi connectivity index (χ1n) is 10.9. The van der Waals surface area contributed by atoms with Gasteiger partial charge in [0.05, 0.1) is 0 Å². The summed E-state index contributed by atoms with van der Waals surface area (Å²) in [7, 11) is 0. The van der Waals surface area contributed by atoms with Crippen molar-refractivity contribution in [1.82, 2.24) is 0 Å². The van der Waals surface area contributed by atoms with Crippen molar-refractivity contribution >= 4 is 11.4 Å². The van der Waals surface area contributed by atoms with Crippen LogP contribution in [0.25, 0.3) is 0 Å². The van der Waals surface area contributed by atoms with E-state index in [0.717, 1.165) is 13.1 Å². The molecule has 2 aliphatic rings. The fourth-order valence-corrected chi connectivity index (χ4v) is 5.03. The van der Waals surface area contributed by atoms with E-state index in [9.17, 15) is 0 Å². The maximum atomic E-state index is 3.69. The number of fused-ring (bicyclic) bond motifs is 2. The molecule has 0 saturated heterocycles. The zero-order valence-corrected chi connectivity index (χ0v) is 18.3. The zero-order valence-electron chi connectivity index (χ0n) is 18.3. The Hall–Kier alpha value is -1.96. The predicted octanol–water partition coefficient (Wildman–Crippen LogP) is 6.02. The summed E-state index contributed by atoms with van der Waals surface area (Å²) in [6, 6.07) is 17.9. The molecule has 150 valence electrons. The highest BCUT2D eigenvalue weighted by atomic mass is 15.2. The largest absolute Gasteiger partial charge is 0.385 e. The lowest BCUT2D eigenvalue weighted by atomic mass is 9.71. The van der Waals surface area contributed by atoms with Gasteiger partial charge in [-0.25, -0.2) is 0 Å². The summed E-state index contributed by atoms with van der Waals surface area (Å²) in [5.41, 5.74) is 6.36. The lowest BCUT2D eigenvalue weighted by molar-refractivity contribution is 0.196. The number of hydrogen-bond acceptors (Lipinski definition) is 2. The zero-order chi connectivity index (χ0) is 19.9. The van der Waals surface area contributed by atoms with Gasteiger partial charge >= 0.3 is 0 Å². The third-order valence-electron chi connectivity index (χ3n) is 7.19. The predicted molar refractivity (Wildman–Crippen MR) is 121 cm³/mol. The van der Waals surface area contributed by atoms with Crippen LogP contribution >= 0.6 is 0 Å². The molecule has 2 atom stereocenters. The second kappa shape index (κ2) is 7.13. The molecule has 2 heterocycles. The molecule has 4 rings (SSSR count). The Kier molecular flexibility index (Phi) is 4.93. The van der Waals surface area contributed by atoms with E-state index in [4.69, 9.17) is 0 Å². The molecule has 2 aromatic rings. The van der Waals surface area contributed by atoms with E-state index >= 15 is 0 Å². The van der Waals surface area contributed by atoms with Crippen molar-refractivity contribution in [2.24, 2.45) is 22.7 Å². The van der Waals surface area contributed by atoms with Crippen LogP contribution in [0, 0.1) is 22.7 Å². The summed E-state index contributed by atoms with van der Waals surface area (Å²) >= 11 is 0. The van der Waals surface area contributed by atoms with Gasteiger partial charge in [0, 0.05) is 31.0 Å². The topological polar surface area (TPSA) is 15.3 Å². The van der Waals surface area contributed by atoms with Gasteiger partial charge in [0.25, 0.3) is 0 Å². The molecule has 0 bridgehead atoms. The van der Waals surface area contributed by atoms with Crippen LogP contribution in [0.3, 0.4) is 0 Å². The van der Waals surface area contributed by atoms with Crippen molar-refractivity contribution in [2.45, 2.75) is 47.5 Å². The maximum absolute atomic E-state index is 3.69. The molecule has 28 heavy (non-hydrogen) atoms. The fraction of sp³-hybridized carbons (Fsp3) is 0.538. The van der Waals surface area contributed by atoms with Crippen LogP contribution in [0.4, 0.5) is 11.4 Å². The molecule has 0 aromatic heterocycles. The second-order valence-electron chi connectivity index (χ2n) is 10.7. The quantitative estimate of drug-likeness (QED) is 0.704. The summed E-state index contributed by atoms with van der Waals surface area (Å²) in [5, 5.41) is 3.69. The molecule has 0 fully saturated rings. The Morgan fingerprint density at radius 1 is 0.857 bits per heavy atom. The van der Waals surface area contributed by atoms with Crippen molar-refractivity contribution in [3.05, 3.63) is 59.7 Å². The molecule has 0 amide bonds. The van der Waals surface area contributed by atoms with E-state index < -0.39 is 0 Å². The van der Waals surface area contributed by atoms with Crippen LogP contribution in [0.5, 0.6) is 0 Å². The van der Waals surface area contributed by atoms with Crippen molar-refractivity contribution in [1.29, 1.82) is 0 Å². The Balaban J connectivity index is 1.57. The molecule has 2 aromatic carbocycles. The average Bonchev–Trinajstić information content (AvgIpc) is 2.66. The second-order valence-corrected chi connectivity index (χ2v) is 10.7. The number of nitrogens with one attached hydrogen (secondary N) is 1. The minimum atomic E-state index is 0.243. The van der Waals surface area contributed by atoms with Gasteiger partial charge in [-0.05, 0) is 58.8 Å². The average molecular weight is 377 g/mol. The Labute approximate surface area is 171 Å². The number of benzene rings is 2. The summed E-state index contributed by atoms with van der Waals surface area (Å²) in [4.78, 5) is 2.69. The molecule has 2 aliphatic heterocycles. The number of hydrogen-bond donors (Lipinski definition) is 1. The third-order valence-corrected chi connectivity index (χ3v) is 7.19. The van der Waals surface area contributed by atoms with Gasteiger partial charge < -0.3 is 10.2 Å². The van der Waals surface area contributed by atoms with E-state index in [1.165, 1.54) is 41.9 Å².